The van der Waals surface area contributed by atoms with Crippen LogP contribution in [0.5, 0.6) is 0 Å². The SMILES string of the molecule is CC1(C)c2ccccc2-c2nc(-c3cccc(-c4ccc(-c5cccc6c5oc5ccccc56)cc4)c3)nc(-c3ccccc3)c21.CC1(c2ccccc2)c2ccccc2-c2nc(-c3cccc(-c4cccc5ccc6ccccc6c45)c3)nc(-c3ccccc3)c21.c1ccc(-c2nc(-c3cccc(-c4cccc5oc6ccccc6c45)c3)nc3c2sc2ccc4ccccc4c23)cc1. The molecule has 630 valence electrons. The molecule has 134 heavy (non-hydrogen) atoms. The van der Waals surface area contributed by atoms with Gasteiger partial charge in [0.25, 0.3) is 0 Å². The third kappa shape index (κ3) is 13.3. The van der Waals surface area contributed by atoms with E-state index in [4.69, 9.17) is 38.7 Å². The molecule has 0 fully saturated rings. The monoisotopic (exact) mass is 1730 g/mol. The first-order valence-electron chi connectivity index (χ1n) is 45.6. The van der Waals surface area contributed by atoms with Gasteiger partial charge in [0.2, 0.25) is 0 Å². The van der Waals surface area contributed by atoms with Gasteiger partial charge in [-0.2, -0.15) is 0 Å². The van der Waals surface area contributed by atoms with Crippen molar-refractivity contribution in [3.05, 3.63) is 471 Å². The van der Waals surface area contributed by atoms with Crippen LogP contribution < -0.4 is 0 Å². The fourth-order valence-corrected chi connectivity index (χ4v) is 22.1. The summed E-state index contributed by atoms with van der Waals surface area (Å²) < 4.78 is 14.8. The molecule has 0 radical (unpaired) electrons. The summed E-state index contributed by atoms with van der Waals surface area (Å²) in [5.74, 6) is 2.19. The summed E-state index contributed by atoms with van der Waals surface area (Å²) >= 11 is 1.77. The molecule has 0 amide bonds. The second-order valence-corrected chi connectivity index (χ2v) is 36.5. The molecule has 8 nitrogen and oxygen atoms in total. The van der Waals surface area contributed by atoms with E-state index in [1.165, 1.54) is 81.3 Å². The number of aromatic nitrogens is 6. The summed E-state index contributed by atoms with van der Waals surface area (Å²) in [5, 5.41) is 13.2. The van der Waals surface area contributed by atoms with Gasteiger partial charge in [0.1, 0.15) is 22.3 Å². The van der Waals surface area contributed by atoms with Gasteiger partial charge in [-0.15, -0.1) is 11.3 Å². The number of nitrogens with zero attached hydrogens (tertiary/aromatic N) is 6. The van der Waals surface area contributed by atoms with Crippen LogP contribution in [0.25, 0.3) is 231 Å². The zero-order valence-corrected chi connectivity index (χ0v) is 74.4. The molecule has 0 saturated heterocycles. The van der Waals surface area contributed by atoms with Crippen molar-refractivity contribution in [3.8, 4) is 135 Å². The molecule has 1 atom stereocenters. The summed E-state index contributed by atoms with van der Waals surface area (Å²) in [6.07, 6.45) is 0. The Morgan fingerprint density at radius 2 is 0.634 bits per heavy atom. The summed E-state index contributed by atoms with van der Waals surface area (Å²) in [7, 11) is 0. The van der Waals surface area contributed by atoms with Gasteiger partial charge in [-0.3, -0.25) is 0 Å². The molecule has 2 aliphatic carbocycles. The lowest BCUT2D eigenvalue weighted by molar-refractivity contribution is 0.658. The zero-order chi connectivity index (χ0) is 89.1. The normalized spacial score (nSPS) is 13.4. The lowest BCUT2D eigenvalue weighted by Gasteiger charge is -2.29. The topological polar surface area (TPSA) is 104 Å². The van der Waals surface area contributed by atoms with Gasteiger partial charge in [0.05, 0.1) is 38.7 Å². The van der Waals surface area contributed by atoms with E-state index >= 15 is 0 Å². The van der Waals surface area contributed by atoms with Crippen molar-refractivity contribution in [1.29, 1.82) is 0 Å². The molecule has 0 N–H and O–H groups in total. The number of rotatable bonds is 11. The third-order valence-corrected chi connectivity index (χ3v) is 28.5. The van der Waals surface area contributed by atoms with Crippen LogP contribution in [0.2, 0.25) is 0 Å². The standard InChI is InChI=1S/C44H30N2.C43H30N2O.C38H22N2OS/c1-44(34-20-6-3-7-21-34)38-25-11-10-23-37(38)42-40(44)41(31-15-4-2-5-16-31)45-43(46-42)33-19-12-18-32(28-33)36-24-13-17-30-27-26-29-14-8-9-22-35(29)39(30)36;1-43(2)36-20-8-6-17-35(36)40-38(43)39(29-12-4-3-5-13-29)44-42(45-40)31-15-10-14-30(26-31)27-22-24-28(25-23-27)32-18-11-19-34-33-16-7-9-21-37(33)46-41(32)34;1-2-11-24(12-3-1)35-37-36(34-27-15-5-4-10-23(27)20-21-32(34)42-37)40-38(39-35)26-14-8-13-25(22-26)28-17-9-19-31-33(28)29-16-6-7-18-30(29)41-31/h2-28H,1H3;3-26H,1-2H3;1-22H. The van der Waals surface area contributed by atoms with Crippen LogP contribution in [-0.4, -0.2) is 29.9 Å². The first-order chi connectivity index (χ1) is 66.1. The van der Waals surface area contributed by atoms with Crippen LogP contribution in [0.15, 0.2) is 452 Å². The number of hydrogen-bond acceptors (Lipinski definition) is 9. The molecule has 0 bridgehead atoms. The highest BCUT2D eigenvalue weighted by molar-refractivity contribution is 7.26. The number of hydrogen-bond donors (Lipinski definition) is 0. The van der Waals surface area contributed by atoms with E-state index < -0.39 is 5.41 Å². The third-order valence-electron chi connectivity index (χ3n) is 27.3. The Morgan fingerprint density at radius 3 is 1.29 bits per heavy atom. The molecule has 0 aliphatic heterocycles. The fourth-order valence-electron chi connectivity index (χ4n) is 20.9. The Morgan fingerprint density at radius 1 is 0.231 bits per heavy atom. The zero-order valence-electron chi connectivity index (χ0n) is 73.6. The maximum atomic E-state index is 6.31. The average molecular weight is 1730 g/mol. The van der Waals surface area contributed by atoms with Gasteiger partial charge in [-0.05, 0) is 137 Å². The number of para-hydroxylation sites is 3. The van der Waals surface area contributed by atoms with E-state index in [1.807, 2.05) is 36.4 Å². The van der Waals surface area contributed by atoms with E-state index in [2.05, 4.69) is 427 Å². The minimum Gasteiger partial charge on any atom is -0.456 e. The highest BCUT2D eigenvalue weighted by Gasteiger charge is 2.45. The molecule has 2 aliphatic rings. The lowest BCUT2D eigenvalue weighted by atomic mass is 9.73. The molecule has 25 aromatic rings. The second kappa shape index (κ2) is 32.3. The number of thiophene rings is 1. The maximum absolute atomic E-state index is 6.31. The largest absolute Gasteiger partial charge is 0.456 e. The van der Waals surface area contributed by atoms with Crippen molar-refractivity contribution in [2.75, 3.05) is 0 Å². The Labute approximate surface area is 778 Å². The number of fused-ring (bicyclic) bond motifs is 20. The Bertz CT molecular complexity index is 8990. The Balaban J connectivity index is 0.000000108. The van der Waals surface area contributed by atoms with E-state index in [-0.39, 0.29) is 5.41 Å². The van der Waals surface area contributed by atoms with E-state index in [0.29, 0.717) is 0 Å². The predicted molar refractivity (Wildman–Crippen MR) is 555 cm³/mol. The smallest absolute Gasteiger partial charge is 0.160 e. The first-order valence-corrected chi connectivity index (χ1v) is 46.4. The minimum atomic E-state index is -0.400. The average Bonchev–Trinajstić information content (AvgIpc) is 1.54. The van der Waals surface area contributed by atoms with Crippen molar-refractivity contribution in [1.82, 2.24) is 29.9 Å². The molecular formula is C125H82N6O2S. The van der Waals surface area contributed by atoms with Crippen molar-refractivity contribution in [3.63, 3.8) is 0 Å². The first kappa shape index (κ1) is 79.2. The van der Waals surface area contributed by atoms with Gasteiger partial charge < -0.3 is 8.83 Å². The summed E-state index contributed by atoms with van der Waals surface area (Å²) in [6.45, 7) is 6.89. The highest BCUT2D eigenvalue weighted by Crippen LogP contribution is 2.57. The quantitative estimate of drug-likeness (QED) is 0.118. The maximum Gasteiger partial charge on any atom is 0.160 e. The summed E-state index contributed by atoms with van der Waals surface area (Å²) in [5.41, 5.74) is 32.8. The van der Waals surface area contributed by atoms with Gasteiger partial charge in [0, 0.05) is 104 Å². The van der Waals surface area contributed by atoms with Crippen LogP contribution in [0.1, 0.15) is 48.6 Å². The number of furan rings is 2. The summed E-state index contributed by atoms with van der Waals surface area (Å²) in [4.78, 5) is 31.9. The van der Waals surface area contributed by atoms with Crippen molar-refractivity contribution < 1.29 is 8.83 Å². The van der Waals surface area contributed by atoms with Crippen molar-refractivity contribution >= 4 is 108 Å². The molecule has 27 rings (SSSR count). The van der Waals surface area contributed by atoms with Gasteiger partial charge in [0.15, 0.2) is 17.5 Å². The molecule has 1 unspecified atom stereocenters. The van der Waals surface area contributed by atoms with Gasteiger partial charge in [-0.1, -0.05) is 414 Å². The van der Waals surface area contributed by atoms with E-state index in [0.717, 1.165) is 178 Å². The fraction of sp³-hybridized carbons (Fsp3) is 0.0400. The molecule has 9 heteroatoms. The van der Waals surface area contributed by atoms with Crippen LogP contribution in [0.4, 0.5) is 0 Å². The van der Waals surface area contributed by atoms with Crippen LogP contribution in [0, 0.1) is 0 Å². The minimum absolute atomic E-state index is 0.202. The van der Waals surface area contributed by atoms with Crippen molar-refractivity contribution in [2.45, 2.75) is 31.6 Å². The summed E-state index contributed by atoms with van der Waals surface area (Å²) in [6, 6.07) is 156. The van der Waals surface area contributed by atoms with Gasteiger partial charge in [-0.25, -0.2) is 29.9 Å². The molecule has 19 aromatic carbocycles. The van der Waals surface area contributed by atoms with E-state index in [1.54, 1.807) is 11.3 Å². The van der Waals surface area contributed by atoms with Crippen LogP contribution in [-0.2, 0) is 10.8 Å². The van der Waals surface area contributed by atoms with E-state index in [9.17, 15) is 0 Å². The van der Waals surface area contributed by atoms with Gasteiger partial charge >= 0.3 is 0 Å². The number of benzene rings is 19. The molecule has 6 heterocycles. The molecular weight excluding hydrogens is 1650 g/mol. The predicted octanol–water partition coefficient (Wildman–Crippen LogP) is 33.4. The Hall–Kier alpha value is -17.0. The van der Waals surface area contributed by atoms with Crippen LogP contribution in [0.3, 0.4) is 0 Å². The highest BCUT2D eigenvalue weighted by atomic mass is 32.1. The molecule has 0 spiro atoms. The lowest BCUT2D eigenvalue weighted by Crippen LogP contribution is -2.24. The molecule has 6 aromatic heterocycles. The molecule has 0 saturated carbocycles. The van der Waals surface area contributed by atoms with Crippen molar-refractivity contribution in [2.24, 2.45) is 0 Å². The van der Waals surface area contributed by atoms with Crippen LogP contribution >= 0.6 is 11.3 Å². The Kier molecular flexibility index (Phi) is 19.1. The second-order valence-electron chi connectivity index (χ2n) is 35.4.